The molecule has 0 bridgehead atoms. The molecule has 1 fully saturated rings. The van der Waals surface area contributed by atoms with E-state index in [0.717, 1.165) is 25.0 Å². The summed E-state index contributed by atoms with van der Waals surface area (Å²) in [6.45, 7) is 1.49. The predicted molar refractivity (Wildman–Crippen MR) is 100 cm³/mol. The van der Waals surface area contributed by atoms with Crippen molar-refractivity contribution in [3.63, 3.8) is 0 Å². The van der Waals surface area contributed by atoms with Gasteiger partial charge >= 0.3 is 0 Å². The number of carbonyl (C=O) groups excluding carboxylic acids is 1. The molecule has 7 nitrogen and oxygen atoms in total. The molecular weight excluding hydrogens is 368 g/mol. The molecule has 1 atom stereocenters. The van der Waals surface area contributed by atoms with Crippen LogP contribution in [0.25, 0.3) is 23.0 Å². The fraction of sp³-hybridized carbons (Fsp3) is 0.316. The molecule has 1 aliphatic rings. The summed E-state index contributed by atoms with van der Waals surface area (Å²) < 4.78 is 12.7. The van der Waals surface area contributed by atoms with Crippen LogP contribution in [-0.2, 0) is 16.1 Å². The molecule has 27 heavy (non-hydrogen) atoms. The minimum atomic E-state index is -0.0830. The van der Waals surface area contributed by atoms with Crippen molar-refractivity contribution in [1.29, 1.82) is 0 Å². The van der Waals surface area contributed by atoms with Gasteiger partial charge in [-0.25, -0.2) is 0 Å². The molecule has 1 aliphatic heterocycles. The molecule has 1 saturated heterocycles. The van der Waals surface area contributed by atoms with Gasteiger partial charge in [-0.1, -0.05) is 16.8 Å². The Bertz CT molecular complexity index is 913. The van der Waals surface area contributed by atoms with Gasteiger partial charge in [0.05, 0.1) is 6.10 Å². The lowest BCUT2D eigenvalue weighted by molar-refractivity contribution is -0.122. The minimum Gasteiger partial charge on any atom is -0.376 e. The Labute approximate surface area is 161 Å². The highest BCUT2D eigenvalue weighted by Crippen LogP contribution is 2.23. The molecule has 1 amide bonds. The smallest absolute Gasteiger partial charge is 0.274 e. The van der Waals surface area contributed by atoms with Gasteiger partial charge < -0.3 is 19.1 Å². The lowest BCUT2D eigenvalue weighted by atomic mass is 10.2. The molecule has 3 heterocycles. The molecule has 140 valence electrons. The highest BCUT2D eigenvalue weighted by Gasteiger charge is 2.18. The zero-order valence-corrected chi connectivity index (χ0v) is 15.4. The molecule has 0 saturated carbocycles. The van der Waals surface area contributed by atoms with E-state index in [1.807, 2.05) is 30.5 Å². The largest absolute Gasteiger partial charge is 0.376 e. The average Bonchev–Trinajstić information content (AvgIpc) is 3.42. The maximum atomic E-state index is 12.2. The van der Waals surface area contributed by atoms with E-state index in [-0.39, 0.29) is 18.6 Å². The van der Waals surface area contributed by atoms with E-state index < -0.39 is 0 Å². The molecule has 8 heteroatoms. The van der Waals surface area contributed by atoms with Crippen molar-refractivity contribution in [3.05, 3.63) is 47.6 Å². The summed E-state index contributed by atoms with van der Waals surface area (Å²) in [4.78, 5) is 16.7. The van der Waals surface area contributed by atoms with Crippen LogP contribution in [0.1, 0.15) is 12.8 Å². The van der Waals surface area contributed by atoms with Crippen LogP contribution < -0.4 is 5.32 Å². The van der Waals surface area contributed by atoms with Crippen LogP contribution in [-0.4, -0.2) is 39.9 Å². The Hall–Kier alpha value is -2.64. The van der Waals surface area contributed by atoms with Crippen molar-refractivity contribution < 1.29 is 14.1 Å². The maximum absolute atomic E-state index is 12.2. The number of benzene rings is 1. The summed E-state index contributed by atoms with van der Waals surface area (Å²) in [5.41, 5.74) is 1.50. The predicted octanol–water partition coefficient (Wildman–Crippen LogP) is 3.15. The second-order valence-electron chi connectivity index (χ2n) is 6.39. The Morgan fingerprint density at radius 1 is 1.30 bits per heavy atom. The van der Waals surface area contributed by atoms with E-state index in [4.69, 9.17) is 20.9 Å². The number of nitrogens with zero attached hydrogens (tertiary/aromatic N) is 3. The maximum Gasteiger partial charge on any atom is 0.274 e. The van der Waals surface area contributed by atoms with E-state index in [1.54, 1.807) is 16.7 Å². The molecule has 1 aromatic carbocycles. The van der Waals surface area contributed by atoms with E-state index in [1.165, 1.54) is 0 Å². The first kappa shape index (κ1) is 17.8. The number of nitrogens with one attached hydrogen (secondary N) is 1. The van der Waals surface area contributed by atoms with Gasteiger partial charge in [-0.05, 0) is 49.2 Å². The Morgan fingerprint density at radius 3 is 2.93 bits per heavy atom. The summed E-state index contributed by atoms with van der Waals surface area (Å²) in [6.07, 6.45) is 3.98. The summed E-state index contributed by atoms with van der Waals surface area (Å²) in [5, 5.41) is 7.58. The molecule has 0 radical (unpaired) electrons. The van der Waals surface area contributed by atoms with Gasteiger partial charge in [0.2, 0.25) is 11.7 Å². The highest BCUT2D eigenvalue weighted by molar-refractivity contribution is 6.30. The number of ether oxygens (including phenoxy) is 1. The molecule has 0 unspecified atom stereocenters. The van der Waals surface area contributed by atoms with Gasteiger partial charge in [0.1, 0.15) is 12.2 Å². The van der Waals surface area contributed by atoms with Gasteiger partial charge in [-0.3, -0.25) is 4.79 Å². The van der Waals surface area contributed by atoms with Crippen LogP contribution in [0.2, 0.25) is 5.02 Å². The first-order valence-corrected chi connectivity index (χ1v) is 9.20. The first-order chi connectivity index (χ1) is 13.2. The molecule has 0 spiro atoms. The van der Waals surface area contributed by atoms with Gasteiger partial charge in [-0.2, -0.15) is 4.98 Å². The van der Waals surface area contributed by atoms with Gasteiger partial charge in [0.15, 0.2) is 0 Å². The fourth-order valence-electron chi connectivity index (χ4n) is 3.03. The average molecular weight is 387 g/mol. The van der Waals surface area contributed by atoms with E-state index in [2.05, 4.69) is 15.5 Å². The Morgan fingerprint density at radius 2 is 2.15 bits per heavy atom. The number of hydrogen-bond acceptors (Lipinski definition) is 5. The number of rotatable bonds is 6. The molecule has 4 rings (SSSR count). The number of aromatic nitrogens is 3. The third-order valence-corrected chi connectivity index (χ3v) is 4.69. The van der Waals surface area contributed by atoms with Crippen molar-refractivity contribution in [1.82, 2.24) is 20.0 Å². The normalized spacial score (nSPS) is 16.6. The SMILES string of the molecule is O=C(Cn1cccc1-c1nc(-c2ccc(Cl)cc2)no1)NC[C@@H]1CCCO1. The zero-order valence-electron chi connectivity index (χ0n) is 14.6. The van der Waals surface area contributed by atoms with Crippen LogP contribution in [0.3, 0.4) is 0 Å². The van der Waals surface area contributed by atoms with Gasteiger partial charge in [-0.15, -0.1) is 0 Å². The van der Waals surface area contributed by atoms with Crippen LogP contribution in [0.15, 0.2) is 47.1 Å². The summed E-state index contributed by atoms with van der Waals surface area (Å²) in [5.74, 6) is 0.745. The molecular formula is C19H19ClN4O3. The number of hydrogen-bond donors (Lipinski definition) is 1. The van der Waals surface area contributed by atoms with Crippen LogP contribution in [0.5, 0.6) is 0 Å². The quantitative estimate of drug-likeness (QED) is 0.703. The molecule has 0 aliphatic carbocycles. The summed E-state index contributed by atoms with van der Waals surface area (Å²) in [7, 11) is 0. The monoisotopic (exact) mass is 386 g/mol. The lowest BCUT2D eigenvalue weighted by Crippen LogP contribution is -2.34. The minimum absolute atomic E-state index is 0.0830. The topological polar surface area (TPSA) is 82.2 Å². The molecule has 3 aromatic rings. The number of amides is 1. The van der Waals surface area contributed by atoms with Gasteiger partial charge in [0, 0.05) is 29.9 Å². The third-order valence-electron chi connectivity index (χ3n) is 4.44. The van der Waals surface area contributed by atoms with Gasteiger partial charge in [0.25, 0.3) is 5.89 Å². The Kier molecular flexibility index (Phi) is 5.22. The molecule has 1 N–H and O–H groups in total. The lowest BCUT2D eigenvalue weighted by Gasteiger charge is -2.11. The van der Waals surface area contributed by atoms with Crippen LogP contribution in [0, 0.1) is 0 Å². The number of carbonyl (C=O) groups is 1. The van der Waals surface area contributed by atoms with Crippen molar-refractivity contribution in [2.24, 2.45) is 0 Å². The van der Waals surface area contributed by atoms with E-state index in [9.17, 15) is 4.79 Å². The van der Waals surface area contributed by atoms with E-state index >= 15 is 0 Å². The van der Waals surface area contributed by atoms with Crippen LogP contribution >= 0.6 is 11.6 Å². The zero-order chi connectivity index (χ0) is 18.6. The highest BCUT2D eigenvalue weighted by atomic mass is 35.5. The van der Waals surface area contributed by atoms with Crippen molar-refractivity contribution in [2.75, 3.05) is 13.2 Å². The van der Waals surface area contributed by atoms with Crippen molar-refractivity contribution in [3.8, 4) is 23.0 Å². The van der Waals surface area contributed by atoms with Crippen molar-refractivity contribution in [2.45, 2.75) is 25.5 Å². The third kappa shape index (κ3) is 4.20. The summed E-state index contributed by atoms with van der Waals surface area (Å²) in [6, 6.07) is 10.9. The second-order valence-corrected chi connectivity index (χ2v) is 6.83. The van der Waals surface area contributed by atoms with E-state index in [0.29, 0.717) is 29.0 Å². The second kappa shape index (κ2) is 7.94. The van der Waals surface area contributed by atoms with Crippen molar-refractivity contribution >= 4 is 17.5 Å². The fourth-order valence-corrected chi connectivity index (χ4v) is 3.16. The Balaban J connectivity index is 1.44. The van der Waals surface area contributed by atoms with Crippen LogP contribution in [0.4, 0.5) is 0 Å². The summed E-state index contributed by atoms with van der Waals surface area (Å²) >= 11 is 5.91. The standard InChI is InChI=1S/C19H19ClN4O3/c20-14-7-5-13(6-8-14)18-22-19(27-23-18)16-4-1-9-24(16)12-17(25)21-11-15-3-2-10-26-15/h1,4-9,15H,2-3,10-12H2,(H,21,25)/t15-/m0/s1. The first-order valence-electron chi connectivity index (χ1n) is 8.82. The number of halogens is 1. The molecule has 2 aromatic heterocycles.